The molecule has 0 aliphatic heterocycles. The molecule has 0 aliphatic carbocycles. The summed E-state index contributed by atoms with van der Waals surface area (Å²) < 4.78 is 26.9. The Labute approximate surface area is 119 Å². The Bertz CT molecular complexity index is 696. The van der Waals surface area contributed by atoms with E-state index in [9.17, 15) is 13.5 Å². The minimum atomic E-state index is -3.51. The van der Waals surface area contributed by atoms with Crippen LogP contribution >= 0.6 is 0 Å². The van der Waals surface area contributed by atoms with Crippen molar-refractivity contribution >= 4 is 10.0 Å². The Morgan fingerprint density at radius 1 is 1.05 bits per heavy atom. The van der Waals surface area contributed by atoms with Gasteiger partial charge in [-0.2, -0.15) is 0 Å². The average Bonchev–Trinajstić information content (AvgIpc) is 2.41. The van der Waals surface area contributed by atoms with Crippen LogP contribution in [0.3, 0.4) is 0 Å². The van der Waals surface area contributed by atoms with Crippen LogP contribution in [0.25, 0.3) is 0 Å². The summed E-state index contributed by atoms with van der Waals surface area (Å²) in [5.74, 6) is 0.183. The van der Waals surface area contributed by atoms with Gasteiger partial charge in [0.15, 0.2) is 0 Å². The van der Waals surface area contributed by atoms with E-state index in [1.54, 1.807) is 49.4 Å². The quantitative estimate of drug-likeness (QED) is 0.887. The zero-order valence-corrected chi connectivity index (χ0v) is 12.0. The molecule has 0 heterocycles. The lowest BCUT2D eigenvalue weighted by Crippen LogP contribution is -2.26. The van der Waals surface area contributed by atoms with E-state index in [1.165, 1.54) is 0 Å². The van der Waals surface area contributed by atoms with E-state index in [0.29, 0.717) is 12.0 Å². The number of phenols is 1. The zero-order chi connectivity index (χ0) is 14.6. The zero-order valence-electron chi connectivity index (χ0n) is 11.2. The van der Waals surface area contributed by atoms with Gasteiger partial charge in [-0.15, -0.1) is 0 Å². The maximum absolute atomic E-state index is 12.2. The van der Waals surface area contributed by atoms with E-state index in [2.05, 4.69) is 4.72 Å². The van der Waals surface area contributed by atoms with Crippen LogP contribution < -0.4 is 4.72 Å². The van der Waals surface area contributed by atoms with Gasteiger partial charge in [0, 0.05) is 6.54 Å². The van der Waals surface area contributed by atoms with Gasteiger partial charge >= 0.3 is 0 Å². The summed E-state index contributed by atoms with van der Waals surface area (Å²) in [4.78, 5) is 0.289. The maximum Gasteiger partial charge on any atom is 0.240 e. The highest BCUT2D eigenvalue weighted by atomic mass is 32.2. The van der Waals surface area contributed by atoms with E-state index in [4.69, 9.17) is 0 Å². The number of hydrogen-bond donors (Lipinski definition) is 2. The van der Waals surface area contributed by atoms with Crippen LogP contribution in [0.1, 0.15) is 11.1 Å². The van der Waals surface area contributed by atoms with Crippen LogP contribution in [0.2, 0.25) is 0 Å². The molecule has 0 unspecified atom stereocenters. The van der Waals surface area contributed by atoms with Crippen LogP contribution in [0.15, 0.2) is 53.4 Å². The fourth-order valence-corrected chi connectivity index (χ4v) is 3.25. The highest BCUT2D eigenvalue weighted by molar-refractivity contribution is 7.89. The summed E-state index contributed by atoms with van der Waals surface area (Å²) in [5.41, 5.74) is 1.43. The molecule has 0 aromatic heterocycles. The van der Waals surface area contributed by atoms with Crippen molar-refractivity contribution in [3.63, 3.8) is 0 Å². The molecule has 2 N–H and O–H groups in total. The van der Waals surface area contributed by atoms with Crippen molar-refractivity contribution in [2.45, 2.75) is 18.2 Å². The predicted molar refractivity (Wildman–Crippen MR) is 78.2 cm³/mol. The number of rotatable bonds is 5. The molecule has 20 heavy (non-hydrogen) atoms. The molecule has 2 aromatic carbocycles. The van der Waals surface area contributed by atoms with Gasteiger partial charge in [0.05, 0.1) is 4.90 Å². The molecule has 0 bridgehead atoms. The normalized spacial score (nSPS) is 11.4. The first-order valence-electron chi connectivity index (χ1n) is 6.33. The number of phenolic OH excluding ortho intramolecular Hbond substituents is 1. The summed E-state index contributed by atoms with van der Waals surface area (Å²) in [6.07, 6.45) is 0.442. The fraction of sp³-hybridized carbons (Fsp3) is 0.200. The number of aryl methyl sites for hydroxylation is 1. The van der Waals surface area contributed by atoms with Crippen molar-refractivity contribution < 1.29 is 13.5 Å². The molecule has 0 aliphatic rings. The minimum absolute atomic E-state index is 0.183. The average molecular weight is 291 g/mol. The van der Waals surface area contributed by atoms with Gasteiger partial charge in [-0.1, -0.05) is 36.4 Å². The summed E-state index contributed by atoms with van der Waals surface area (Å²) >= 11 is 0. The molecule has 0 fully saturated rings. The Morgan fingerprint density at radius 2 is 1.70 bits per heavy atom. The number of para-hydroxylation sites is 1. The summed E-state index contributed by atoms with van der Waals surface area (Å²) in [6.45, 7) is 2.01. The van der Waals surface area contributed by atoms with Crippen LogP contribution in [0.5, 0.6) is 5.75 Å². The number of benzene rings is 2. The first kappa shape index (κ1) is 14.6. The third-order valence-electron chi connectivity index (χ3n) is 3.06. The molecule has 5 heteroatoms. The van der Waals surface area contributed by atoms with Crippen LogP contribution in [-0.4, -0.2) is 20.1 Å². The minimum Gasteiger partial charge on any atom is -0.508 e. The standard InChI is InChI=1S/C15H17NO3S/c1-12-6-2-5-9-15(12)20(18,19)16-11-10-13-7-3-4-8-14(13)17/h2-9,16-17H,10-11H2,1H3. The van der Waals surface area contributed by atoms with E-state index in [-0.39, 0.29) is 17.2 Å². The lowest BCUT2D eigenvalue weighted by atomic mass is 10.1. The third kappa shape index (κ3) is 3.37. The van der Waals surface area contributed by atoms with E-state index in [0.717, 1.165) is 5.56 Å². The predicted octanol–water partition coefficient (Wildman–Crippen LogP) is 2.22. The first-order chi connectivity index (χ1) is 9.50. The van der Waals surface area contributed by atoms with E-state index < -0.39 is 10.0 Å². The number of hydrogen-bond acceptors (Lipinski definition) is 3. The van der Waals surface area contributed by atoms with E-state index >= 15 is 0 Å². The molecule has 0 amide bonds. The smallest absolute Gasteiger partial charge is 0.240 e. The van der Waals surface area contributed by atoms with Gasteiger partial charge in [-0.05, 0) is 36.6 Å². The number of aromatic hydroxyl groups is 1. The SMILES string of the molecule is Cc1ccccc1S(=O)(=O)NCCc1ccccc1O. The van der Waals surface area contributed by atoms with E-state index in [1.807, 2.05) is 6.07 Å². The highest BCUT2D eigenvalue weighted by Gasteiger charge is 2.15. The Kier molecular flexibility index (Phi) is 4.42. The van der Waals surface area contributed by atoms with Crippen molar-refractivity contribution in [2.24, 2.45) is 0 Å². The number of nitrogens with one attached hydrogen (secondary N) is 1. The fourth-order valence-electron chi connectivity index (χ4n) is 1.98. The molecule has 0 radical (unpaired) electrons. The molecule has 0 saturated carbocycles. The first-order valence-corrected chi connectivity index (χ1v) is 7.81. The Morgan fingerprint density at radius 3 is 2.40 bits per heavy atom. The van der Waals surface area contributed by atoms with Crippen molar-refractivity contribution in [1.82, 2.24) is 4.72 Å². The molecular formula is C15H17NO3S. The topological polar surface area (TPSA) is 66.4 Å². The van der Waals surface area contributed by atoms with Gasteiger partial charge in [0.25, 0.3) is 0 Å². The molecule has 2 aromatic rings. The summed E-state index contributed by atoms with van der Waals surface area (Å²) in [5, 5.41) is 9.62. The van der Waals surface area contributed by atoms with Gasteiger partial charge in [-0.3, -0.25) is 0 Å². The molecule has 0 spiro atoms. The molecule has 0 saturated heterocycles. The second-order valence-corrected chi connectivity index (χ2v) is 6.28. The molecule has 106 valence electrons. The van der Waals surface area contributed by atoms with Crippen LogP contribution in [-0.2, 0) is 16.4 Å². The summed E-state index contributed by atoms with van der Waals surface area (Å²) in [7, 11) is -3.51. The van der Waals surface area contributed by atoms with Crippen LogP contribution in [0.4, 0.5) is 0 Å². The summed E-state index contributed by atoms with van der Waals surface area (Å²) in [6, 6.07) is 13.7. The Balaban J connectivity index is 2.04. The lowest BCUT2D eigenvalue weighted by molar-refractivity contribution is 0.467. The van der Waals surface area contributed by atoms with Crippen LogP contribution in [0, 0.1) is 6.92 Å². The molecular weight excluding hydrogens is 274 g/mol. The lowest BCUT2D eigenvalue weighted by Gasteiger charge is -2.09. The molecule has 0 atom stereocenters. The monoisotopic (exact) mass is 291 g/mol. The molecule has 2 rings (SSSR count). The van der Waals surface area contributed by atoms with Gasteiger partial charge in [0.2, 0.25) is 10.0 Å². The number of sulfonamides is 1. The van der Waals surface area contributed by atoms with Crippen molar-refractivity contribution in [1.29, 1.82) is 0 Å². The van der Waals surface area contributed by atoms with Crippen molar-refractivity contribution in [3.05, 3.63) is 59.7 Å². The largest absolute Gasteiger partial charge is 0.508 e. The van der Waals surface area contributed by atoms with Gasteiger partial charge in [-0.25, -0.2) is 13.1 Å². The second-order valence-electron chi connectivity index (χ2n) is 4.54. The third-order valence-corrected chi connectivity index (χ3v) is 4.68. The van der Waals surface area contributed by atoms with Crippen molar-refractivity contribution in [2.75, 3.05) is 6.54 Å². The second kappa shape index (κ2) is 6.07. The van der Waals surface area contributed by atoms with Crippen molar-refractivity contribution in [3.8, 4) is 5.75 Å². The van der Waals surface area contributed by atoms with Gasteiger partial charge < -0.3 is 5.11 Å². The molecule has 4 nitrogen and oxygen atoms in total. The highest BCUT2D eigenvalue weighted by Crippen LogP contribution is 2.17. The maximum atomic E-state index is 12.2. The Hall–Kier alpha value is -1.85. The van der Waals surface area contributed by atoms with Gasteiger partial charge in [0.1, 0.15) is 5.75 Å².